The molecule has 8 heteroatoms. The number of aliphatic carboxylic acids is 1. The molecule has 0 fully saturated rings. The third-order valence-electron chi connectivity index (χ3n) is 3.40. The number of aromatic nitrogens is 3. The van der Waals surface area contributed by atoms with Gasteiger partial charge < -0.3 is 10.4 Å². The second kappa shape index (κ2) is 6.55. The molecule has 1 aromatic heterocycles. The Bertz CT molecular complexity index is 710. The lowest BCUT2D eigenvalue weighted by Gasteiger charge is -2.18. The van der Waals surface area contributed by atoms with Crippen LogP contribution in [0.4, 0.5) is 4.39 Å². The summed E-state index contributed by atoms with van der Waals surface area (Å²) in [4.78, 5) is 24.2. The van der Waals surface area contributed by atoms with E-state index in [0.717, 1.165) is 0 Å². The fourth-order valence-electron chi connectivity index (χ4n) is 1.75. The van der Waals surface area contributed by atoms with E-state index in [2.05, 4.69) is 15.5 Å². The van der Waals surface area contributed by atoms with Gasteiger partial charge in [-0.2, -0.15) is 9.90 Å². The summed E-state index contributed by atoms with van der Waals surface area (Å²) >= 11 is 0. The number of amides is 1. The molecule has 122 valence electrons. The van der Waals surface area contributed by atoms with E-state index in [-0.39, 0.29) is 18.1 Å². The van der Waals surface area contributed by atoms with E-state index in [4.69, 9.17) is 5.11 Å². The minimum absolute atomic E-state index is 0.0995. The monoisotopic (exact) mass is 320 g/mol. The SMILES string of the molecule is CC(C)(CCNC(=O)c1cnn(-c2ccc(F)cc2)n1)C(=O)O. The number of hydrogen-bond acceptors (Lipinski definition) is 4. The number of nitrogens with one attached hydrogen (secondary N) is 1. The van der Waals surface area contributed by atoms with E-state index in [1.807, 2.05) is 0 Å². The number of carboxylic acids is 1. The summed E-state index contributed by atoms with van der Waals surface area (Å²) in [7, 11) is 0. The molecule has 0 spiro atoms. The van der Waals surface area contributed by atoms with Gasteiger partial charge in [0.2, 0.25) is 0 Å². The first-order valence-electron chi connectivity index (χ1n) is 6.99. The van der Waals surface area contributed by atoms with Gasteiger partial charge in [0.1, 0.15) is 5.82 Å². The van der Waals surface area contributed by atoms with Gasteiger partial charge >= 0.3 is 5.97 Å². The summed E-state index contributed by atoms with van der Waals surface area (Å²) in [5, 5.41) is 19.6. The van der Waals surface area contributed by atoms with Crippen LogP contribution in [0.3, 0.4) is 0 Å². The molecule has 0 atom stereocenters. The average molecular weight is 320 g/mol. The van der Waals surface area contributed by atoms with Crippen molar-refractivity contribution >= 4 is 11.9 Å². The maximum Gasteiger partial charge on any atom is 0.309 e. The van der Waals surface area contributed by atoms with Gasteiger partial charge in [-0.25, -0.2) is 4.39 Å². The predicted octanol–water partition coefficient (Wildman–Crippen LogP) is 1.64. The largest absolute Gasteiger partial charge is 0.481 e. The Morgan fingerprint density at radius 1 is 1.30 bits per heavy atom. The first kappa shape index (κ1) is 16.6. The van der Waals surface area contributed by atoms with Gasteiger partial charge in [-0.3, -0.25) is 9.59 Å². The van der Waals surface area contributed by atoms with Crippen molar-refractivity contribution < 1.29 is 19.1 Å². The number of nitrogens with zero attached hydrogens (tertiary/aromatic N) is 3. The van der Waals surface area contributed by atoms with Gasteiger partial charge in [0.25, 0.3) is 5.91 Å². The minimum Gasteiger partial charge on any atom is -0.481 e. The van der Waals surface area contributed by atoms with Gasteiger partial charge in [0, 0.05) is 6.54 Å². The highest BCUT2D eigenvalue weighted by Gasteiger charge is 2.26. The molecule has 2 N–H and O–H groups in total. The molecule has 0 saturated carbocycles. The fourth-order valence-corrected chi connectivity index (χ4v) is 1.75. The molecule has 0 saturated heterocycles. The molecule has 2 rings (SSSR count). The average Bonchev–Trinajstić information content (AvgIpc) is 2.97. The molecule has 0 radical (unpaired) electrons. The first-order valence-corrected chi connectivity index (χ1v) is 6.99. The molecular formula is C15H17FN4O3. The van der Waals surface area contributed by atoms with Crippen molar-refractivity contribution in [3.63, 3.8) is 0 Å². The number of benzene rings is 1. The van der Waals surface area contributed by atoms with E-state index in [9.17, 15) is 14.0 Å². The van der Waals surface area contributed by atoms with Crippen molar-refractivity contribution in [2.75, 3.05) is 6.54 Å². The van der Waals surface area contributed by atoms with Crippen molar-refractivity contribution in [3.05, 3.63) is 42.0 Å². The number of hydrogen-bond donors (Lipinski definition) is 2. The third-order valence-corrected chi connectivity index (χ3v) is 3.40. The fraction of sp³-hybridized carbons (Fsp3) is 0.333. The number of halogens is 1. The van der Waals surface area contributed by atoms with E-state index >= 15 is 0 Å². The zero-order valence-corrected chi connectivity index (χ0v) is 12.8. The van der Waals surface area contributed by atoms with Crippen molar-refractivity contribution in [3.8, 4) is 5.69 Å². The van der Waals surface area contributed by atoms with E-state index < -0.39 is 17.3 Å². The van der Waals surface area contributed by atoms with Crippen LogP contribution in [0.2, 0.25) is 0 Å². The maximum atomic E-state index is 12.9. The van der Waals surface area contributed by atoms with Crippen LogP contribution in [0.1, 0.15) is 30.8 Å². The summed E-state index contributed by atoms with van der Waals surface area (Å²) in [6.45, 7) is 3.39. The molecular weight excluding hydrogens is 303 g/mol. The normalized spacial score (nSPS) is 11.3. The smallest absolute Gasteiger partial charge is 0.309 e. The number of carboxylic acid groups (broad SMARTS) is 1. The maximum absolute atomic E-state index is 12.9. The Labute approximate surface area is 132 Å². The molecule has 0 unspecified atom stereocenters. The third kappa shape index (κ3) is 4.12. The minimum atomic E-state index is -0.922. The first-order chi connectivity index (χ1) is 10.8. The number of rotatable bonds is 6. The van der Waals surface area contributed by atoms with Crippen LogP contribution in [0, 0.1) is 11.2 Å². The second-order valence-corrected chi connectivity index (χ2v) is 5.69. The van der Waals surface area contributed by atoms with E-state index in [1.54, 1.807) is 13.8 Å². The van der Waals surface area contributed by atoms with Crippen LogP contribution in [0.25, 0.3) is 5.69 Å². The summed E-state index contributed by atoms with van der Waals surface area (Å²) in [5.74, 6) is -1.74. The molecule has 1 aromatic carbocycles. The molecule has 1 amide bonds. The van der Waals surface area contributed by atoms with Gasteiger partial charge in [-0.1, -0.05) is 0 Å². The van der Waals surface area contributed by atoms with Gasteiger partial charge in [-0.05, 0) is 44.5 Å². The van der Waals surface area contributed by atoms with Crippen LogP contribution >= 0.6 is 0 Å². The summed E-state index contributed by atoms with van der Waals surface area (Å²) in [6.07, 6.45) is 1.58. The Hall–Kier alpha value is -2.77. The lowest BCUT2D eigenvalue weighted by molar-refractivity contribution is -0.147. The molecule has 23 heavy (non-hydrogen) atoms. The van der Waals surface area contributed by atoms with E-state index in [1.165, 1.54) is 35.3 Å². The Kier molecular flexibility index (Phi) is 4.73. The van der Waals surface area contributed by atoms with Gasteiger partial charge in [0.15, 0.2) is 5.69 Å². The highest BCUT2D eigenvalue weighted by Crippen LogP contribution is 2.19. The number of carbonyl (C=O) groups is 2. The van der Waals surface area contributed by atoms with Crippen LogP contribution in [-0.2, 0) is 4.79 Å². The Morgan fingerprint density at radius 3 is 2.57 bits per heavy atom. The Balaban J connectivity index is 1.96. The highest BCUT2D eigenvalue weighted by atomic mass is 19.1. The summed E-state index contributed by atoms with van der Waals surface area (Å²) in [5.41, 5.74) is -0.293. The van der Waals surface area contributed by atoms with Crippen molar-refractivity contribution in [1.82, 2.24) is 20.3 Å². The van der Waals surface area contributed by atoms with E-state index in [0.29, 0.717) is 12.1 Å². The van der Waals surface area contributed by atoms with Crippen molar-refractivity contribution in [2.24, 2.45) is 5.41 Å². The zero-order valence-electron chi connectivity index (χ0n) is 12.8. The van der Waals surface area contributed by atoms with Gasteiger partial charge in [0.05, 0.1) is 17.3 Å². The quantitative estimate of drug-likeness (QED) is 0.843. The topological polar surface area (TPSA) is 97.1 Å². The van der Waals surface area contributed by atoms with Crippen molar-refractivity contribution in [1.29, 1.82) is 0 Å². The molecule has 7 nitrogen and oxygen atoms in total. The lowest BCUT2D eigenvalue weighted by Crippen LogP contribution is -2.32. The predicted molar refractivity (Wildman–Crippen MR) is 79.7 cm³/mol. The number of carbonyl (C=O) groups excluding carboxylic acids is 1. The second-order valence-electron chi connectivity index (χ2n) is 5.69. The van der Waals surface area contributed by atoms with Crippen LogP contribution in [0.15, 0.2) is 30.5 Å². The standard InChI is InChI=1S/C15H17FN4O3/c1-15(2,14(22)23)7-8-17-13(21)12-9-18-20(19-12)11-5-3-10(16)4-6-11/h3-6,9H,7-8H2,1-2H3,(H,17,21)(H,22,23). The Morgan fingerprint density at radius 2 is 1.96 bits per heavy atom. The molecule has 0 bridgehead atoms. The summed E-state index contributed by atoms with van der Waals surface area (Å²) in [6, 6.07) is 5.53. The lowest BCUT2D eigenvalue weighted by atomic mass is 9.90. The zero-order chi connectivity index (χ0) is 17.0. The molecule has 1 heterocycles. The van der Waals surface area contributed by atoms with Crippen LogP contribution in [0.5, 0.6) is 0 Å². The summed E-state index contributed by atoms with van der Waals surface area (Å²) < 4.78 is 12.9. The van der Waals surface area contributed by atoms with Crippen LogP contribution < -0.4 is 5.32 Å². The molecule has 0 aliphatic carbocycles. The van der Waals surface area contributed by atoms with Crippen LogP contribution in [-0.4, -0.2) is 38.5 Å². The van der Waals surface area contributed by atoms with Gasteiger partial charge in [-0.15, -0.1) is 5.10 Å². The molecule has 0 aliphatic rings. The highest BCUT2D eigenvalue weighted by molar-refractivity contribution is 5.91. The molecule has 0 aliphatic heterocycles. The molecule has 2 aromatic rings. The van der Waals surface area contributed by atoms with Crippen molar-refractivity contribution in [2.45, 2.75) is 20.3 Å².